The van der Waals surface area contributed by atoms with Gasteiger partial charge in [0.15, 0.2) is 0 Å². The van der Waals surface area contributed by atoms with E-state index in [1.807, 2.05) is 36.4 Å². The minimum absolute atomic E-state index is 0.0393. The fraction of sp³-hybridized carbons (Fsp3) is 0.0278. The molecular weight excluding hydrogens is 696 g/mol. The Balaban J connectivity index is 1.39. The first-order chi connectivity index (χ1) is 22.7. The second kappa shape index (κ2) is 16.0. The van der Waals surface area contributed by atoms with Gasteiger partial charge < -0.3 is 16.0 Å². The van der Waals surface area contributed by atoms with Crippen LogP contribution in [-0.4, -0.2) is 17.7 Å². The Bertz CT molecular complexity index is 1960. The van der Waals surface area contributed by atoms with Crippen LogP contribution in [0.2, 0.25) is 20.1 Å². The zero-order chi connectivity index (χ0) is 33.3. The van der Waals surface area contributed by atoms with Crippen molar-refractivity contribution in [3.63, 3.8) is 0 Å². The predicted molar refractivity (Wildman–Crippen MR) is 194 cm³/mol. The van der Waals surface area contributed by atoms with E-state index in [1.54, 1.807) is 84.9 Å². The zero-order valence-electron chi connectivity index (χ0n) is 24.3. The van der Waals surface area contributed by atoms with E-state index >= 15 is 0 Å². The predicted octanol–water partition coefficient (Wildman–Crippen LogP) is 10.2. The Kier molecular flexibility index (Phi) is 11.6. The maximum absolute atomic E-state index is 13.6. The van der Waals surface area contributed by atoms with Gasteiger partial charge in [-0.3, -0.25) is 14.4 Å². The molecule has 5 rings (SSSR count). The van der Waals surface area contributed by atoms with Crippen LogP contribution in [-0.2, 0) is 9.59 Å². The average molecular weight is 721 g/mol. The number of nitrogens with one attached hydrogen (secondary N) is 3. The molecule has 1 atom stereocenters. The molecule has 236 valence electrons. The number of amides is 3. The number of anilines is 2. The van der Waals surface area contributed by atoms with Crippen molar-refractivity contribution >= 4 is 93.3 Å². The average Bonchev–Trinajstić information content (AvgIpc) is 3.06. The molecular formula is C36H25Cl4N3O3S. The SMILES string of the molecule is O=C(Nc1cccc(SC(C(=O)Nc2ccc(Cl)cc2Cl)c2ccccc2)c1)/C(=C\c1ccc(Cl)cc1Cl)NC(=O)c1ccccc1. The minimum Gasteiger partial charge on any atom is -0.323 e. The van der Waals surface area contributed by atoms with Gasteiger partial charge in [0.05, 0.1) is 10.7 Å². The molecule has 0 bridgehead atoms. The summed E-state index contributed by atoms with van der Waals surface area (Å²) in [7, 11) is 0. The normalized spacial score (nSPS) is 11.8. The third-order valence-electron chi connectivity index (χ3n) is 6.67. The van der Waals surface area contributed by atoms with Crippen molar-refractivity contribution in [2.75, 3.05) is 10.6 Å². The summed E-state index contributed by atoms with van der Waals surface area (Å²) >= 11 is 26.1. The highest BCUT2D eigenvalue weighted by Crippen LogP contribution is 2.38. The molecule has 0 aromatic heterocycles. The second-order valence-corrected chi connectivity index (χ2v) is 12.9. The molecule has 6 nitrogen and oxygen atoms in total. The van der Waals surface area contributed by atoms with Gasteiger partial charge in [0, 0.05) is 31.2 Å². The molecule has 0 saturated heterocycles. The van der Waals surface area contributed by atoms with Gasteiger partial charge in [0.25, 0.3) is 11.8 Å². The van der Waals surface area contributed by atoms with E-state index < -0.39 is 17.1 Å². The van der Waals surface area contributed by atoms with Crippen LogP contribution in [0.15, 0.2) is 132 Å². The first kappa shape index (κ1) is 34.1. The van der Waals surface area contributed by atoms with Gasteiger partial charge in [-0.05, 0) is 77.9 Å². The third kappa shape index (κ3) is 9.41. The van der Waals surface area contributed by atoms with Gasteiger partial charge in [-0.25, -0.2) is 0 Å². The van der Waals surface area contributed by atoms with Crippen molar-refractivity contribution < 1.29 is 14.4 Å². The summed E-state index contributed by atoms with van der Waals surface area (Å²) in [4.78, 5) is 41.0. The van der Waals surface area contributed by atoms with E-state index in [0.29, 0.717) is 47.5 Å². The van der Waals surface area contributed by atoms with E-state index in [-0.39, 0.29) is 11.6 Å². The number of hydrogen-bond donors (Lipinski definition) is 3. The molecule has 5 aromatic rings. The van der Waals surface area contributed by atoms with E-state index in [9.17, 15) is 14.4 Å². The van der Waals surface area contributed by atoms with Crippen molar-refractivity contribution in [2.24, 2.45) is 0 Å². The van der Waals surface area contributed by atoms with Crippen LogP contribution in [0.5, 0.6) is 0 Å². The Labute approximate surface area is 296 Å². The fourth-order valence-electron chi connectivity index (χ4n) is 4.39. The smallest absolute Gasteiger partial charge is 0.272 e. The van der Waals surface area contributed by atoms with Gasteiger partial charge >= 0.3 is 0 Å². The van der Waals surface area contributed by atoms with E-state index in [2.05, 4.69) is 16.0 Å². The maximum Gasteiger partial charge on any atom is 0.272 e. The highest BCUT2D eigenvalue weighted by atomic mass is 35.5. The van der Waals surface area contributed by atoms with Gasteiger partial charge in [-0.1, -0.05) is 107 Å². The summed E-state index contributed by atoms with van der Waals surface area (Å²) in [6.07, 6.45) is 1.48. The number of thioether (sulfide) groups is 1. The number of halogens is 4. The van der Waals surface area contributed by atoms with E-state index in [1.165, 1.54) is 17.8 Å². The summed E-state index contributed by atoms with van der Waals surface area (Å²) in [5, 5.41) is 9.28. The Morgan fingerprint density at radius 1 is 0.660 bits per heavy atom. The Morgan fingerprint density at radius 2 is 1.32 bits per heavy atom. The monoisotopic (exact) mass is 719 g/mol. The largest absolute Gasteiger partial charge is 0.323 e. The molecule has 3 amide bonds. The molecule has 47 heavy (non-hydrogen) atoms. The number of hydrogen-bond acceptors (Lipinski definition) is 4. The third-order valence-corrected chi connectivity index (χ3v) is 9.02. The molecule has 1 unspecified atom stereocenters. The van der Waals surface area contributed by atoms with Gasteiger partial charge in [0.2, 0.25) is 5.91 Å². The molecule has 5 aromatic carbocycles. The molecule has 0 saturated carbocycles. The zero-order valence-corrected chi connectivity index (χ0v) is 28.2. The van der Waals surface area contributed by atoms with Crippen LogP contribution in [0.3, 0.4) is 0 Å². The Hall–Kier alpha value is -4.24. The summed E-state index contributed by atoms with van der Waals surface area (Å²) in [5.41, 5.74) is 2.45. The topological polar surface area (TPSA) is 87.3 Å². The van der Waals surface area contributed by atoms with Crippen molar-refractivity contribution in [2.45, 2.75) is 10.1 Å². The van der Waals surface area contributed by atoms with E-state index in [0.717, 1.165) is 5.56 Å². The van der Waals surface area contributed by atoms with Gasteiger partial charge in [-0.15, -0.1) is 11.8 Å². The van der Waals surface area contributed by atoms with Crippen molar-refractivity contribution in [3.05, 3.63) is 164 Å². The maximum atomic E-state index is 13.6. The van der Waals surface area contributed by atoms with Gasteiger partial charge in [-0.2, -0.15) is 0 Å². The number of carbonyl (C=O) groups is 3. The molecule has 0 aliphatic carbocycles. The molecule has 0 aliphatic rings. The van der Waals surface area contributed by atoms with E-state index in [4.69, 9.17) is 46.4 Å². The lowest BCUT2D eigenvalue weighted by Gasteiger charge is -2.18. The molecule has 0 aliphatic heterocycles. The summed E-state index contributed by atoms with van der Waals surface area (Å²) in [6.45, 7) is 0. The second-order valence-electron chi connectivity index (χ2n) is 10.0. The van der Waals surface area contributed by atoms with Crippen LogP contribution in [0.25, 0.3) is 6.08 Å². The Morgan fingerprint density at radius 3 is 2.00 bits per heavy atom. The standard InChI is InChI=1S/C36H25Cl4N3O3S/c37-25-15-14-24(29(39)19-25)18-32(43-34(44)23-10-5-2-6-11-23)35(45)41-27-12-7-13-28(21-27)47-33(22-8-3-1-4-9-22)36(46)42-31-17-16-26(38)20-30(31)40/h1-21,33H,(H,41,45)(H,42,46)(H,43,44)/b32-18+. The van der Waals surface area contributed by atoms with Crippen LogP contribution < -0.4 is 16.0 Å². The van der Waals surface area contributed by atoms with Crippen molar-refractivity contribution in [1.29, 1.82) is 0 Å². The van der Waals surface area contributed by atoms with Gasteiger partial charge in [0.1, 0.15) is 10.9 Å². The highest BCUT2D eigenvalue weighted by molar-refractivity contribution is 8.00. The lowest BCUT2D eigenvalue weighted by Crippen LogP contribution is -2.30. The molecule has 0 radical (unpaired) electrons. The van der Waals surface area contributed by atoms with Crippen LogP contribution in [0.1, 0.15) is 26.7 Å². The first-order valence-corrected chi connectivity index (χ1v) is 16.5. The molecule has 0 heterocycles. The lowest BCUT2D eigenvalue weighted by molar-refractivity contribution is -0.116. The lowest BCUT2D eigenvalue weighted by atomic mass is 10.1. The van der Waals surface area contributed by atoms with Crippen LogP contribution in [0.4, 0.5) is 11.4 Å². The number of rotatable bonds is 10. The summed E-state index contributed by atoms with van der Waals surface area (Å²) in [5.74, 6) is -1.36. The minimum atomic E-state index is -0.665. The quantitative estimate of drug-likeness (QED) is 0.0990. The summed E-state index contributed by atoms with van der Waals surface area (Å²) in [6, 6.07) is 34.5. The first-order valence-electron chi connectivity index (χ1n) is 14.1. The van der Waals surface area contributed by atoms with Crippen LogP contribution >= 0.6 is 58.2 Å². The molecule has 0 spiro atoms. The van der Waals surface area contributed by atoms with Crippen molar-refractivity contribution in [1.82, 2.24) is 5.32 Å². The summed E-state index contributed by atoms with van der Waals surface area (Å²) < 4.78 is 0. The molecule has 11 heteroatoms. The van der Waals surface area contributed by atoms with Crippen LogP contribution in [0, 0.1) is 0 Å². The molecule has 0 fully saturated rings. The van der Waals surface area contributed by atoms with Crippen molar-refractivity contribution in [3.8, 4) is 0 Å². The number of carbonyl (C=O) groups excluding carboxylic acids is 3. The molecule has 3 N–H and O–H groups in total. The highest BCUT2D eigenvalue weighted by Gasteiger charge is 2.23. The fourth-order valence-corrected chi connectivity index (χ4v) is 6.39. The number of benzene rings is 5.